The Morgan fingerprint density at radius 2 is 1.60 bits per heavy atom. The van der Waals surface area contributed by atoms with E-state index in [2.05, 4.69) is 64.2 Å². The van der Waals surface area contributed by atoms with Crippen LogP contribution in [0.5, 0.6) is 0 Å². The summed E-state index contributed by atoms with van der Waals surface area (Å²) in [5.74, 6) is 0.608. The monoisotopic (exact) mass is 277 g/mol. The summed E-state index contributed by atoms with van der Waals surface area (Å²) in [7, 11) is 0. The van der Waals surface area contributed by atoms with Gasteiger partial charge < -0.3 is 10.4 Å². The third-order valence-corrected chi connectivity index (χ3v) is 3.46. The van der Waals surface area contributed by atoms with E-state index in [0.717, 1.165) is 6.54 Å². The number of rotatable bonds is 6. The van der Waals surface area contributed by atoms with Crippen LogP contribution < -0.4 is 5.32 Å². The Labute approximate surface area is 124 Å². The van der Waals surface area contributed by atoms with Crippen molar-refractivity contribution in [2.24, 2.45) is 5.92 Å². The van der Waals surface area contributed by atoms with E-state index in [1.807, 2.05) is 6.92 Å². The van der Waals surface area contributed by atoms with E-state index in [4.69, 9.17) is 0 Å². The third kappa shape index (κ3) is 6.06. The van der Waals surface area contributed by atoms with E-state index in [1.54, 1.807) is 0 Å². The molecule has 1 atom stereocenters. The number of nitrogens with one attached hydrogen (secondary N) is 1. The molecule has 1 rings (SSSR count). The first-order valence-corrected chi connectivity index (χ1v) is 7.63. The summed E-state index contributed by atoms with van der Waals surface area (Å²) < 4.78 is 0. The Bertz CT molecular complexity index is 398. The van der Waals surface area contributed by atoms with Crippen LogP contribution in [0.25, 0.3) is 0 Å². The molecule has 0 saturated heterocycles. The molecule has 1 unspecified atom stereocenters. The van der Waals surface area contributed by atoms with Crippen molar-refractivity contribution in [3.63, 3.8) is 0 Å². The van der Waals surface area contributed by atoms with E-state index >= 15 is 0 Å². The molecule has 0 amide bonds. The molecule has 0 radical (unpaired) electrons. The first-order chi connectivity index (χ1) is 9.10. The lowest BCUT2D eigenvalue weighted by molar-refractivity contribution is 0.0596. The topological polar surface area (TPSA) is 32.3 Å². The summed E-state index contributed by atoms with van der Waals surface area (Å²) in [6.45, 7) is 14.5. The van der Waals surface area contributed by atoms with Crippen molar-refractivity contribution in [1.29, 1.82) is 0 Å². The molecule has 0 aliphatic carbocycles. The lowest BCUT2D eigenvalue weighted by Crippen LogP contribution is -2.40. The van der Waals surface area contributed by atoms with Crippen molar-refractivity contribution < 1.29 is 5.11 Å². The van der Waals surface area contributed by atoms with Gasteiger partial charge >= 0.3 is 0 Å². The predicted octanol–water partition coefficient (Wildman–Crippen LogP) is 3.52. The van der Waals surface area contributed by atoms with Crippen molar-refractivity contribution >= 4 is 0 Å². The molecular formula is C18H31NO. The highest BCUT2D eigenvalue weighted by atomic mass is 16.3. The highest BCUT2D eigenvalue weighted by molar-refractivity contribution is 5.28. The zero-order chi connectivity index (χ0) is 15.4. The quantitative estimate of drug-likeness (QED) is 0.834. The second-order valence-electron chi connectivity index (χ2n) is 7.65. The summed E-state index contributed by atoms with van der Waals surface area (Å²) in [6, 6.07) is 8.62. The number of hydrogen-bond donors (Lipinski definition) is 2. The summed E-state index contributed by atoms with van der Waals surface area (Å²) >= 11 is 0. The molecule has 2 nitrogen and oxygen atoms in total. The molecule has 0 heterocycles. The molecule has 1 aromatic carbocycles. The van der Waals surface area contributed by atoms with Crippen molar-refractivity contribution in [2.75, 3.05) is 13.1 Å². The fraction of sp³-hybridized carbons (Fsp3) is 0.667. The van der Waals surface area contributed by atoms with E-state index in [1.165, 1.54) is 11.1 Å². The van der Waals surface area contributed by atoms with Crippen molar-refractivity contribution in [1.82, 2.24) is 5.32 Å². The fourth-order valence-electron chi connectivity index (χ4n) is 2.25. The molecular weight excluding hydrogens is 246 g/mol. The molecule has 2 N–H and O–H groups in total. The maximum Gasteiger partial charge on any atom is 0.0783 e. The van der Waals surface area contributed by atoms with Gasteiger partial charge in [-0.2, -0.15) is 0 Å². The van der Waals surface area contributed by atoms with Crippen LogP contribution >= 0.6 is 0 Å². The molecule has 1 aromatic rings. The van der Waals surface area contributed by atoms with Crippen molar-refractivity contribution in [2.45, 2.75) is 59.0 Å². The second-order valence-corrected chi connectivity index (χ2v) is 7.65. The first-order valence-electron chi connectivity index (χ1n) is 7.63. The maximum atomic E-state index is 10.4. The molecule has 0 bridgehead atoms. The molecule has 0 saturated carbocycles. The smallest absolute Gasteiger partial charge is 0.0783 e. The Morgan fingerprint density at radius 3 is 2.05 bits per heavy atom. The van der Waals surface area contributed by atoms with E-state index < -0.39 is 5.60 Å². The molecule has 114 valence electrons. The van der Waals surface area contributed by atoms with Crippen LogP contribution in [0.3, 0.4) is 0 Å². The van der Waals surface area contributed by atoms with Gasteiger partial charge in [-0.05, 0) is 35.9 Å². The molecule has 2 heteroatoms. The second kappa shape index (κ2) is 6.73. The van der Waals surface area contributed by atoms with Crippen LogP contribution in [0.4, 0.5) is 0 Å². The minimum atomic E-state index is -0.696. The van der Waals surface area contributed by atoms with E-state index in [0.29, 0.717) is 18.9 Å². The first kappa shape index (κ1) is 17.2. The van der Waals surface area contributed by atoms with Crippen LogP contribution in [0.15, 0.2) is 24.3 Å². The SMILES string of the molecule is CC(C)CNCC(C)(O)Cc1ccc(C(C)(C)C)cc1. The Hall–Kier alpha value is -0.860. The predicted molar refractivity (Wildman–Crippen MR) is 87.2 cm³/mol. The van der Waals surface area contributed by atoms with Crippen LogP contribution in [-0.2, 0) is 11.8 Å². The van der Waals surface area contributed by atoms with Gasteiger partial charge in [0, 0.05) is 13.0 Å². The highest BCUT2D eigenvalue weighted by Crippen LogP contribution is 2.23. The van der Waals surface area contributed by atoms with Gasteiger partial charge in [0.2, 0.25) is 0 Å². The van der Waals surface area contributed by atoms with Crippen molar-refractivity contribution in [3.05, 3.63) is 35.4 Å². The Kier molecular flexibility index (Phi) is 5.79. The van der Waals surface area contributed by atoms with Gasteiger partial charge in [-0.3, -0.25) is 0 Å². The molecule has 0 spiro atoms. The van der Waals surface area contributed by atoms with Crippen LogP contribution in [0.1, 0.15) is 52.7 Å². The van der Waals surface area contributed by atoms with Gasteiger partial charge in [0.25, 0.3) is 0 Å². The van der Waals surface area contributed by atoms with Gasteiger partial charge in [-0.25, -0.2) is 0 Å². The average Bonchev–Trinajstić information content (AvgIpc) is 2.26. The Morgan fingerprint density at radius 1 is 1.05 bits per heavy atom. The standard InChI is InChI=1S/C18H31NO/c1-14(2)12-19-13-18(6,20)11-15-7-9-16(10-8-15)17(3,4)5/h7-10,14,19-20H,11-13H2,1-6H3. The largest absolute Gasteiger partial charge is 0.389 e. The molecule has 20 heavy (non-hydrogen) atoms. The molecule has 0 fully saturated rings. The normalized spacial score (nSPS) is 15.4. The Balaban J connectivity index is 2.59. The summed E-state index contributed by atoms with van der Waals surface area (Å²) in [5.41, 5.74) is 2.01. The van der Waals surface area contributed by atoms with Crippen LogP contribution in [0.2, 0.25) is 0 Å². The van der Waals surface area contributed by atoms with Gasteiger partial charge in [-0.1, -0.05) is 58.9 Å². The highest BCUT2D eigenvalue weighted by Gasteiger charge is 2.21. The summed E-state index contributed by atoms with van der Waals surface area (Å²) in [6.07, 6.45) is 0.683. The van der Waals surface area contributed by atoms with Crippen molar-refractivity contribution in [3.8, 4) is 0 Å². The number of hydrogen-bond acceptors (Lipinski definition) is 2. The summed E-state index contributed by atoms with van der Waals surface area (Å²) in [5, 5.41) is 13.8. The molecule has 0 aliphatic rings. The van der Waals surface area contributed by atoms with Gasteiger partial charge in [0.1, 0.15) is 0 Å². The zero-order valence-corrected chi connectivity index (χ0v) is 14.0. The van der Waals surface area contributed by atoms with Gasteiger partial charge in [-0.15, -0.1) is 0 Å². The fourth-order valence-corrected chi connectivity index (χ4v) is 2.25. The molecule has 0 aromatic heterocycles. The third-order valence-electron chi connectivity index (χ3n) is 3.46. The minimum Gasteiger partial charge on any atom is -0.389 e. The van der Waals surface area contributed by atoms with Gasteiger partial charge in [0.05, 0.1) is 5.60 Å². The van der Waals surface area contributed by atoms with Gasteiger partial charge in [0.15, 0.2) is 0 Å². The van der Waals surface area contributed by atoms with E-state index in [-0.39, 0.29) is 5.41 Å². The maximum absolute atomic E-state index is 10.4. The number of benzene rings is 1. The lowest BCUT2D eigenvalue weighted by atomic mass is 9.86. The van der Waals surface area contributed by atoms with E-state index in [9.17, 15) is 5.11 Å². The van der Waals surface area contributed by atoms with Crippen LogP contribution in [-0.4, -0.2) is 23.8 Å². The van der Waals surface area contributed by atoms with Crippen LogP contribution in [0, 0.1) is 5.92 Å². The average molecular weight is 277 g/mol. The summed E-state index contributed by atoms with van der Waals surface area (Å²) in [4.78, 5) is 0. The molecule has 0 aliphatic heterocycles. The number of aliphatic hydroxyl groups is 1. The minimum absolute atomic E-state index is 0.180. The lowest BCUT2D eigenvalue weighted by Gasteiger charge is -2.25. The zero-order valence-electron chi connectivity index (χ0n) is 14.0.